The van der Waals surface area contributed by atoms with Crippen molar-refractivity contribution in [2.24, 2.45) is 0 Å². The fourth-order valence-corrected chi connectivity index (χ4v) is 3.28. The maximum Gasteiger partial charge on any atom is 0.319 e. The van der Waals surface area contributed by atoms with Crippen LogP contribution in [0.15, 0.2) is 47.4 Å². The predicted molar refractivity (Wildman–Crippen MR) is 107 cm³/mol. The average molecular weight is 372 g/mol. The number of carbonyl (C=O) groups is 2. The van der Waals surface area contributed by atoms with Crippen molar-refractivity contribution in [3.63, 3.8) is 0 Å². The zero-order chi connectivity index (χ0) is 19.3. The number of hydrogen-bond acceptors (Lipinski definition) is 4. The van der Waals surface area contributed by atoms with E-state index in [1.165, 1.54) is 17.3 Å². The van der Waals surface area contributed by atoms with Crippen molar-refractivity contribution in [1.29, 1.82) is 0 Å². The van der Waals surface area contributed by atoms with Crippen molar-refractivity contribution >= 4 is 29.3 Å². The summed E-state index contributed by atoms with van der Waals surface area (Å²) < 4.78 is 5.35. The first-order valence-corrected chi connectivity index (χ1v) is 9.46. The number of para-hydroxylation sites is 1. The molecule has 26 heavy (non-hydrogen) atoms. The van der Waals surface area contributed by atoms with E-state index in [2.05, 4.69) is 5.32 Å². The van der Waals surface area contributed by atoms with Crippen LogP contribution in [0, 0.1) is 20.8 Å². The number of thioether (sulfide) groups is 1. The minimum atomic E-state index is -0.859. The van der Waals surface area contributed by atoms with Gasteiger partial charge < -0.3 is 10.1 Å². The summed E-state index contributed by atoms with van der Waals surface area (Å²) in [6.07, 6.45) is -0.859. The molecule has 2 rings (SSSR count). The highest BCUT2D eigenvalue weighted by Crippen LogP contribution is 2.25. The van der Waals surface area contributed by atoms with Crippen molar-refractivity contribution in [3.8, 4) is 0 Å². The van der Waals surface area contributed by atoms with Crippen LogP contribution in [-0.4, -0.2) is 23.2 Å². The van der Waals surface area contributed by atoms with Gasteiger partial charge in [-0.3, -0.25) is 9.59 Å². The van der Waals surface area contributed by atoms with Crippen LogP contribution in [0.5, 0.6) is 0 Å². The first kappa shape index (κ1) is 20.0. The molecule has 0 radical (unpaired) electrons. The van der Waals surface area contributed by atoms with Gasteiger partial charge in [-0.1, -0.05) is 35.9 Å². The fourth-order valence-electron chi connectivity index (χ4n) is 2.43. The number of amides is 1. The third kappa shape index (κ3) is 5.36. The Balaban J connectivity index is 1.93. The molecule has 0 heterocycles. The van der Waals surface area contributed by atoms with Crippen molar-refractivity contribution in [2.75, 3.05) is 5.32 Å². The molecule has 0 aromatic heterocycles. The molecule has 0 fully saturated rings. The SMILES string of the molecule is Cc1ccc(S[C@H](C)C(=O)O[C@@H](C)C(=O)Nc2c(C)cccc2C)cc1. The van der Waals surface area contributed by atoms with Crippen LogP contribution in [-0.2, 0) is 14.3 Å². The second kappa shape index (κ2) is 8.90. The van der Waals surface area contributed by atoms with Crippen LogP contribution in [0.4, 0.5) is 5.69 Å². The Morgan fingerprint density at radius 1 is 0.962 bits per heavy atom. The van der Waals surface area contributed by atoms with Crippen LogP contribution < -0.4 is 5.32 Å². The Bertz CT molecular complexity index is 766. The monoisotopic (exact) mass is 371 g/mol. The van der Waals surface area contributed by atoms with Gasteiger partial charge >= 0.3 is 5.97 Å². The quantitative estimate of drug-likeness (QED) is 0.592. The lowest BCUT2D eigenvalue weighted by molar-refractivity contribution is -0.152. The number of nitrogens with one attached hydrogen (secondary N) is 1. The van der Waals surface area contributed by atoms with Gasteiger partial charge in [0, 0.05) is 10.6 Å². The molecule has 0 unspecified atom stereocenters. The summed E-state index contributed by atoms with van der Waals surface area (Å²) in [5.41, 5.74) is 3.88. The van der Waals surface area contributed by atoms with Crippen LogP contribution in [0.1, 0.15) is 30.5 Å². The summed E-state index contributed by atoms with van der Waals surface area (Å²) in [7, 11) is 0. The highest BCUT2D eigenvalue weighted by molar-refractivity contribution is 8.00. The standard InChI is InChI=1S/C21H25NO3S/c1-13-9-11-18(12-10-13)26-17(5)21(24)25-16(4)20(23)22-19-14(2)7-6-8-15(19)3/h6-12,16-17H,1-5H3,(H,22,23)/t16-,17+/m0/s1. The van der Waals surface area contributed by atoms with E-state index >= 15 is 0 Å². The predicted octanol–water partition coefficient (Wildman–Crippen LogP) is 4.66. The molecule has 4 nitrogen and oxygen atoms in total. The highest BCUT2D eigenvalue weighted by Gasteiger charge is 2.23. The van der Waals surface area contributed by atoms with E-state index in [1.807, 2.05) is 63.2 Å². The molecule has 1 amide bonds. The summed E-state index contributed by atoms with van der Waals surface area (Å²) in [5.74, 6) is -0.733. The molecule has 0 aliphatic heterocycles. The molecule has 138 valence electrons. The molecular weight excluding hydrogens is 346 g/mol. The number of rotatable bonds is 6. The summed E-state index contributed by atoms with van der Waals surface area (Å²) in [6.45, 7) is 9.24. The number of hydrogen-bond donors (Lipinski definition) is 1. The van der Waals surface area contributed by atoms with Crippen molar-refractivity contribution in [1.82, 2.24) is 0 Å². The molecule has 2 aromatic rings. The van der Waals surface area contributed by atoms with E-state index in [4.69, 9.17) is 4.74 Å². The summed E-state index contributed by atoms with van der Waals surface area (Å²) in [6, 6.07) is 13.7. The molecule has 2 atom stereocenters. The highest BCUT2D eigenvalue weighted by atomic mass is 32.2. The maximum atomic E-state index is 12.4. The van der Waals surface area contributed by atoms with E-state index in [0.29, 0.717) is 0 Å². The molecule has 2 aromatic carbocycles. The molecule has 0 saturated carbocycles. The Labute approximate surface area is 159 Å². The van der Waals surface area contributed by atoms with Gasteiger partial charge in [-0.05, 0) is 57.9 Å². The topological polar surface area (TPSA) is 55.4 Å². The van der Waals surface area contributed by atoms with Gasteiger partial charge in [0.2, 0.25) is 0 Å². The summed E-state index contributed by atoms with van der Waals surface area (Å²) >= 11 is 1.42. The van der Waals surface area contributed by atoms with E-state index in [-0.39, 0.29) is 5.91 Å². The molecule has 0 aliphatic carbocycles. The van der Waals surface area contributed by atoms with E-state index < -0.39 is 17.3 Å². The molecule has 0 aliphatic rings. The summed E-state index contributed by atoms with van der Waals surface area (Å²) in [4.78, 5) is 25.7. The largest absolute Gasteiger partial charge is 0.452 e. The van der Waals surface area contributed by atoms with Gasteiger partial charge in [0.1, 0.15) is 5.25 Å². The molecule has 0 saturated heterocycles. The Morgan fingerprint density at radius 3 is 2.12 bits per heavy atom. The van der Waals surface area contributed by atoms with Crippen molar-refractivity contribution in [2.45, 2.75) is 50.9 Å². The third-order valence-corrected chi connectivity index (χ3v) is 5.15. The summed E-state index contributed by atoms with van der Waals surface area (Å²) in [5, 5.41) is 2.46. The van der Waals surface area contributed by atoms with E-state index in [1.54, 1.807) is 13.8 Å². The molecule has 5 heteroatoms. The minimum absolute atomic E-state index is 0.330. The number of ether oxygens (including phenoxy) is 1. The van der Waals surface area contributed by atoms with Gasteiger partial charge in [0.25, 0.3) is 5.91 Å². The van der Waals surface area contributed by atoms with Gasteiger partial charge in [-0.2, -0.15) is 0 Å². The zero-order valence-corrected chi connectivity index (χ0v) is 16.6. The maximum absolute atomic E-state index is 12.4. The first-order chi connectivity index (χ1) is 12.3. The second-order valence-electron chi connectivity index (χ2n) is 6.41. The number of carbonyl (C=O) groups excluding carboxylic acids is 2. The van der Waals surface area contributed by atoms with Crippen LogP contribution in [0.3, 0.4) is 0 Å². The minimum Gasteiger partial charge on any atom is -0.452 e. The lowest BCUT2D eigenvalue weighted by atomic mass is 10.1. The molecular formula is C21H25NO3S. The fraction of sp³-hybridized carbons (Fsp3) is 0.333. The van der Waals surface area contributed by atoms with Gasteiger partial charge in [0.15, 0.2) is 6.10 Å². The van der Waals surface area contributed by atoms with Crippen molar-refractivity contribution < 1.29 is 14.3 Å². The van der Waals surface area contributed by atoms with Crippen LogP contribution >= 0.6 is 11.8 Å². The Kier molecular flexibility index (Phi) is 6.86. The molecule has 1 N–H and O–H groups in total. The van der Waals surface area contributed by atoms with Gasteiger partial charge in [0.05, 0.1) is 0 Å². The smallest absolute Gasteiger partial charge is 0.319 e. The third-order valence-electron chi connectivity index (χ3n) is 4.06. The van der Waals surface area contributed by atoms with Gasteiger partial charge in [-0.15, -0.1) is 11.8 Å². The zero-order valence-electron chi connectivity index (χ0n) is 15.8. The lowest BCUT2D eigenvalue weighted by Crippen LogP contribution is -2.32. The number of anilines is 1. The average Bonchev–Trinajstić information content (AvgIpc) is 2.59. The number of esters is 1. The van der Waals surface area contributed by atoms with Crippen LogP contribution in [0.2, 0.25) is 0 Å². The number of benzene rings is 2. The Morgan fingerprint density at radius 2 is 1.54 bits per heavy atom. The molecule has 0 bridgehead atoms. The number of aryl methyl sites for hydroxylation is 3. The Hall–Kier alpha value is -2.27. The van der Waals surface area contributed by atoms with E-state index in [0.717, 1.165) is 21.7 Å². The van der Waals surface area contributed by atoms with E-state index in [9.17, 15) is 9.59 Å². The van der Waals surface area contributed by atoms with Crippen LogP contribution in [0.25, 0.3) is 0 Å². The van der Waals surface area contributed by atoms with Crippen molar-refractivity contribution in [3.05, 3.63) is 59.2 Å². The first-order valence-electron chi connectivity index (χ1n) is 8.59. The van der Waals surface area contributed by atoms with Gasteiger partial charge in [-0.25, -0.2) is 0 Å². The second-order valence-corrected chi connectivity index (χ2v) is 7.82. The molecule has 0 spiro atoms. The lowest BCUT2D eigenvalue weighted by Gasteiger charge is -2.18. The normalized spacial score (nSPS) is 13.0.